The molecule has 5 rings (SSSR count). The topological polar surface area (TPSA) is 96.3 Å². The Kier molecular flexibility index (Phi) is 9.10. The number of amides is 1. The van der Waals surface area contributed by atoms with Gasteiger partial charge in [0.05, 0.1) is 36.4 Å². The van der Waals surface area contributed by atoms with Crippen LogP contribution in [0.15, 0.2) is 77.8 Å². The fourth-order valence-corrected chi connectivity index (χ4v) is 5.94. The van der Waals surface area contributed by atoms with E-state index in [1.165, 1.54) is 12.1 Å². The number of carbonyl (C=O) groups is 3. The average molecular weight is 571 g/mol. The number of unbranched alkanes of at least 4 members (excludes halogenated alkanes) is 2. The van der Waals surface area contributed by atoms with Crippen molar-refractivity contribution in [3.63, 3.8) is 0 Å². The van der Waals surface area contributed by atoms with Crippen LogP contribution in [0.4, 0.5) is 15.8 Å². The monoisotopic (exact) mass is 570 g/mol. The highest BCUT2D eigenvalue weighted by molar-refractivity contribution is 6.13. The molecule has 0 aromatic heterocycles. The van der Waals surface area contributed by atoms with Gasteiger partial charge < -0.3 is 14.7 Å². The number of nitrogens with zero attached hydrogens (tertiary/aromatic N) is 2. The summed E-state index contributed by atoms with van der Waals surface area (Å²) in [6, 6.07) is 20.2. The van der Waals surface area contributed by atoms with E-state index in [9.17, 15) is 23.9 Å². The van der Waals surface area contributed by atoms with Crippen molar-refractivity contribution >= 4 is 34.7 Å². The van der Waals surface area contributed by atoms with Gasteiger partial charge in [-0.2, -0.15) is 0 Å². The largest absolute Gasteiger partial charge is 0.494 e. The maximum absolute atomic E-state index is 14.1. The Morgan fingerprint density at radius 2 is 1.67 bits per heavy atom. The third-order valence-corrected chi connectivity index (χ3v) is 8.01. The Balaban J connectivity index is 1.56. The van der Waals surface area contributed by atoms with E-state index < -0.39 is 17.9 Å². The third-order valence-electron chi connectivity index (χ3n) is 8.01. The van der Waals surface area contributed by atoms with Crippen LogP contribution < -0.4 is 9.64 Å². The second kappa shape index (κ2) is 13.1. The number of aliphatic carboxylic acids is 1. The number of halogens is 1. The molecule has 0 spiro atoms. The van der Waals surface area contributed by atoms with E-state index in [1.54, 1.807) is 35.2 Å². The molecule has 1 amide bonds. The molecule has 1 heterocycles. The van der Waals surface area contributed by atoms with Crippen LogP contribution in [-0.4, -0.2) is 35.1 Å². The molecule has 7 nitrogen and oxygen atoms in total. The van der Waals surface area contributed by atoms with Crippen LogP contribution in [0.2, 0.25) is 0 Å². The van der Waals surface area contributed by atoms with Crippen molar-refractivity contribution in [2.24, 2.45) is 10.9 Å². The molecule has 8 heteroatoms. The van der Waals surface area contributed by atoms with Gasteiger partial charge in [0.15, 0.2) is 0 Å². The molecule has 218 valence electrons. The molecular formula is C34H35FN2O5. The Bertz CT molecular complexity index is 1470. The summed E-state index contributed by atoms with van der Waals surface area (Å²) in [6.07, 6.45) is 3.28. The maximum atomic E-state index is 14.1. The van der Waals surface area contributed by atoms with Crippen molar-refractivity contribution in [2.75, 3.05) is 11.5 Å². The number of hydrogen-bond acceptors (Lipinski definition) is 5. The third kappa shape index (κ3) is 6.43. The fraction of sp³-hybridized carbons (Fsp3) is 0.353. The minimum absolute atomic E-state index is 0.0666. The number of benzene rings is 3. The quantitative estimate of drug-likeness (QED) is 0.261. The van der Waals surface area contributed by atoms with Gasteiger partial charge >= 0.3 is 5.97 Å². The highest BCUT2D eigenvalue weighted by atomic mass is 19.1. The van der Waals surface area contributed by atoms with Crippen molar-refractivity contribution < 1.29 is 28.6 Å². The molecule has 1 fully saturated rings. The van der Waals surface area contributed by atoms with Crippen LogP contribution in [0.1, 0.15) is 75.0 Å². The van der Waals surface area contributed by atoms with Gasteiger partial charge in [-0.05, 0) is 66.3 Å². The molecule has 1 N–H and O–H groups in total. The van der Waals surface area contributed by atoms with E-state index >= 15 is 0 Å². The molecule has 3 aromatic carbocycles. The lowest BCUT2D eigenvalue weighted by molar-refractivity contribution is -0.138. The zero-order valence-electron chi connectivity index (χ0n) is 23.7. The van der Waals surface area contributed by atoms with Gasteiger partial charge in [-0.3, -0.25) is 19.4 Å². The number of Topliss-reactive ketones (excluding diaryl/α,β-unsaturated/α-hetero) is 1. The van der Waals surface area contributed by atoms with Gasteiger partial charge in [-0.1, -0.05) is 56.2 Å². The van der Waals surface area contributed by atoms with Crippen LogP contribution in [0, 0.1) is 11.7 Å². The highest BCUT2D eigenvalue weighted by Crippen LogP contribution is 2.47. The van der Waals surface area contributed by atoms with Gasteiger partial charge in [0, 0.05) is 18.6 Å². The molecular weight excluding hydrogens is 535 g/mol. The Morgan fingerprint density at radius 1 is 0.952 bits per heavy atom. The van der Waals surface area contributed by atoms with Crippen molar-refractivity contribution in [1.29, 1.82) is 0 Å². The van der Waals surface area contributed by atoms with E-state index in [2.05, 4.69) is 6.92 Å². The van der Waals surface area contributed by atoms with Gasteiger partial charge in [0.2, 0.25) is 5.91 Å². The van der Waals surface area contributed by atoms with E-state index in [4.69, 9.17) is 9.73 Å². The number of fused-ring (bicyclic) bond motifs is 2. The van der Waals surface area contributed by atoms with Crippen LogP contribution in [-0.2, 0) is 14.4 Å². The number of rotatable bonds is 10. The summed E-state index contributed by atoms with van der Waals surface area (Å²) in [5.74, 6) is -2.06. The predicted molar refractivity (Wildman–Crippen MR) is 159 cm³/mol. The lowest BCUT2D eigenvalue weighted by atomic mass is 9.72. The summed E-state index contributed by atoms with van der Waals surface area (Å²) < 4.78 is 19.6. The number of para-hydroxylation sites is 2. The first-order valence-electron chi connectivity index (χ1n) is 14.6. The number of hydrogen-bond donors (Lipinski definition) is 1. The standard InChI is InChI=1S/C34H35FN2O5/c1-2-3-6-19-42-26-15-11-23(12-16-26)34-33-28(20-24(21-30(33)38)22-9-13-25(35)14-10-22)36-27-7-4-5-8-29(27)37(34)31(39)17-18-32(40)41/h4-5,7-16,24,33-34H,2-3,6,17-21H2,1H3,(H,40,41)/t24-,33-,34+/m0/s1. The number of carbonyl (C=O) groups excluding carboxylic acids is 2. The van der Waals surface area contributed by atoms with Crippen molar-refractivity contribution in [1.82, 2.24) is 0 Å². The fourth-order valence-electron chi connectivity index (χ4n) is 5.94. The number of ketones is 1. The molecule has 2 aliphatic rings. The maximum Gasteiger partial charge on any atom is 0.303 e. The van der Waals surface area contributed by atoms with E-state index in [0.29, 0.717) is 35.9 Å². The Morgan fingerprint density at radius 3 is 2.38 bits per heavy atom. The first-order valence-corrected chi connectivity index (χ1v) is 14.6. The van der Waals surface area contributed by atoms with Crippen molar-refractivity contribution in [3.05, 3.63) is 89.7 Å². The number of carboxylic acids is 1. The van der Waals surface area contributed by atoms with Crippen LogP contribution in [0.3, 0.4) is 0 Å². The molecule has 1 aliphatic heterocycles. The second-order valence-corrected chi connectivity index (χ2v) is 10.9. The van der Waals surface area contributed by atoms with Crippen LogP contribution in [0.25, 0.3) is 0 Å². The molecule has 0 saturated heterocycles. The molecule has 3 aromatic rings. The summed E-state index contributed by atoms with van der Waals surface area (Å²) in [4.78, 5) is 45.8. The number of aliphatic imine (C=N–C) groups is 1. The van der Waals surface area contributed by atoms with Crippen molar-refractivity contribution in [3.8, 4) is 5.75 Å². The van der Waals surface area contributed by atoms with Gasteiger partial charge in [-0.25, -0.2) is 4.39 Å². The summed E-state index contributed by atoms with van der Waals surface area (Å²) in [5, 5.41) is 9.33. The van der Waals surface area contributed by atoms with E-state index in [-0.39, 0.29) is 42.7 Å². The molecule has 0 unspecified atom stereocenters. The number of ether oxygens (including phenoxy) is 1. The van der Waals surface area contributed by atoms with E-state index in [1.807, 2.05) is 30.3 Å². The number of carboxylic acid groups (broad SMARTS) is 1. The Labute approximate surface area is 245 Å². The molecule has 0 radical (unpaired) electrons. The summed E-state index contributed by atoms with van der Waals surface area (Å²) in [7, 11) is 0. The van der Waals surface area contributed by atoms with Crippen molar-refractivity contribution in [2.45, 2.75) is 63.8 Å². The zero-order valence-corrected chi connectivity index (χ0v) is 23.7. The highest BCUT2D eigenvalue weighted by Gasteiger charge is 2.46. The summed E-state index contributed by atoms with van der Waals surface area (Å²) in [6.45, 7) is 2.74. The smallest absolute Gasteiger partial charge is 0.303 e. The molecule has 42 heavy (non-hydrogen) atoms. The van der Waals surface area contributed by atoms with Crippen LogP contribution in [0.5, 0.6) is 5.75 Å². The summed E-state index contributed by atoms with van der Waals surface area (Å²) >= 11 is 0. The van der Waals surface area contributed by atoms with E-state index in [0.717, 1.165) is 30.4 Å². The number of anilines is 1. The molecule has 1 saturated carbocycles. The van der Waals surface area contributed by atoms with Gasteiger partial charge in [-0.15, -0.1) is 0 Å². The zero-order chi connectivity index (χ0) is 29.6. The lowest BCUT2D eigenvalue weighted by Crippen LogP contribution is -2.45. The Hall–Kier alpha value is -4.33. The minimum Gasteiger partial charge on any atom is -0.494 e. The minimum atomic E-state index is -1.07. The average Bonchev–Trinajstić information content (AvgIpc) is 3.13. The summed E-state index contributed by atoms with van der Waals surface area (Å²) in [5.41, 5.74) is 3.34. The molecule has 0 bridgehead atoms. The first kappa shape index (κ1) is 29.2. The SMILES string of the molecule is CCCCCOc1ccc([C@@H]2[C@@H]3C(=O)C[C@@H](c4ccc(F)cc4)CC3=Nc3ccccc3N2C(=O)CCC(=O)O)cc1. The molecule has 3 atom stereocenters. The van der Waals surface area contributed by atoms with Gasteiger partial charge in [0.1, 0.15) is 17.3 Å². The van der Waals surface area contributed by atoms with Gasteiger partial charge in [0.25, 0.3) is 0 Å². The predicted octanol–water partition coefficient (Wildman–Crippen LogP) is 7.18. The van der Waals surface area contributed by atoms with Crippen LogP contribution >= 0.6 is 0 Å². The lowest BCUT2D eigenvalue weighted by Gasteiger charge is -2.39. The normalized spacial score (nSPS) is 19.8. The molecule has 1 aliphatic carbocycles. The second-order valence-electron chi connectivity index (χ2n) is 10.9. The first-order chi connectivity index (χ1) is 20.4.